The van der Waals surface area contributed by atoms with Gasteiger partial charge in [-0.15, -0.1) is 4.33 Å². The van der Waals surface area contributed by atoms with Crippen molar-refractivity contribution in [2.24, 2.45) is 11.5 Å². The number of nitrogens with zero attached hydrogens (tertiary/aromatic N) is 6. The largest absolute Gasteiger partial charge is 0.354 e. The Kier molecular flexibility index (Phi) is 15.4. The van der Waals surface area contributed by atoms with Gasteiger partial charge >= 0.3 is 0 Å². The monoisotopic (exact) mass is 854 g/mol. The molecule has 12 N–H and O–H groups in total. The first-order chi connectivity index (χ1) is 29.2. The third kappa shape index (κ3) is 13.0. The van der Waals surface area contributed by atoms with Gasteiger partial charge in [-0.3, -0.25) is 4.55 Å². The molecule has 2 heterocycles. The quantitative estimate of drug-likeness (QED) is 0.00882. The second-order valence-electron chi connectivity index (χ2n) is 12.5. The molecule has 0 atom stereocenters. The van der Waals surface area contributed by atoms with Crippen molar-refractivity contribution in [3.8, 4) is 0 Å². The van der Waals surface area contributed by atoms with Gasteiger partial charge < -0.3 is 43.4 Å². The van der Waals surface area contributed by atoms with Crippen LogP contribution in [0.1, 0.15) is 24.0 Å². The fourth-order valence-corrected chi connectivity index (χ4v) is 6.55. The van der Waals surface area contributed by atoms with Gasteiger partial charge in [0, 0.05) is 40.7 Å². The first kappa shape index (κ1) is 43.1. The highest BCUT2D eigenvalue weighted by molar-refractivity contribution is 7.94. The molecular formula is C38H42N14O6S2. The van der Waals surface area contributed by atoms with Crippen LogP contribution < -0.4 is 43.4 Å². The van der Waals surface area contributed by atoms with Crippen molar-refractivity contribution in [1.29, 1.82) is 0 Å². The molecule has 20 nitrogen and oxygen atoms in total. The normalized spacial score (nSPS) is 11.3. The van der Waals surface area contributed by atoms with Crippen LogP contribution in [0.4, 0.5) is 58.4 Å². The molecule has 0 unspecified atom stereocenters. The summed E-state index contributed by atoms with van der Waals surface area (Å²) in [5.74, 6) is 1.41. The van der Waals surface area contributed by atoms with Gasteiger partial charge in [-0.05, 0) is 85.6 Å². The molecule has 22 heteroatoms. The predicted octanol–water partition coefficient (Wildman–Crippen LogP) is 6.40. The zero-order valence-electron chi connectivity index (χ0n) is 31.8. The number of benzene rings is 4. The van der Waals surface area contributed by atoms with Crippen LogP contribution in [0.25, 0.3) is 12.2 Å². The molecule has 60 heavy (non-hydrogen) atoms. The van der Waals surface area contributed by atoms with Crippen molar-refractivity contribution < 1.29 is 27.6 Å². The smallest absolute Gasteiger partial charge is 0.295 e. The third-order valence-electron chi connectivity index (χ3n) is 8.07. The fraction of sp³-hybridized carbons (Fsp3) is 0.158. The van der Waals surface area contributed by atoms with Crippen LogP contribution in [-0.4, -0.2) is 74.3 Å². The molecule has 0 saturated carbocycles. The van der Waals surface area contributed by atoms with E-state index in [4.69, 9.17) is 21.1 Å². The Balaban J connectivity index is 1.25. The van der Waals surface area contributed by atoms with Crippen LogP contribution in [0.15, 0.2) is 107 Å². The summed E-state index contributed by atoms with van der Waals surface area (Å²) in [7, 11) is -4.73. The van der Waals surface area contributed by atoms with Crippen molar-refractivity contribution in [3.05, 3.63) is 108 Å². The molecule has 312 valence electrons. The molecule has 0 aliphatic rings. The van der Waals surface area contributed by atoms with Crippen LogP contribution in [0, 0.1) is 0 Å². The first-order valence-corrected chi connectivity index (χ1v) is 20.5. The molecule has 6 rings (SSSR count). The number of aromatic nitrogens is 6. The Morgan fingerprint density at radius 3 is 1.48 bits per heavy atom. The highest BCUT2D eigenvalue weighted by atomic mass is 32.2. The van der Waals surface area contributed by atoms with Gasteiger partial charge in [-0.2, -0.15) is 38.3 Å². The number of para-hydroxylation sites is 2. The third-order valence-corrected chi connectivity index (χ3v) is 9.64. The molecule has 0 saturated heterocycles. The van der Waals surface area contributed by atoms with E-state index in [2.05, 4.69) is 66.8 Å². The lowest BCUT2D eigenvalue weighted by atomic mass is 10.1. The molecule has 0 bridgehead atoms. The van der Waals surface area contributed by atoms with Crippen molar-refractivity contribution in [1.82, 2.24) is 29.9 Å². The van der Waals surface area contributed by atoms with Gasteiger partial charge in [0.25, 0.3) is 10.1 Å². The number of anilines is 10. The second-order valence-corrected chi connectivity index (χ2v) is 14.7. The Bertz CT molecular complexity index is 2470. The predicted molar refractivity (Wildman–Crippen MR) is 232 cm³/mol. The summed E-state index contributed by atoms with van der Waals surface area (Å²) >= 11 is 0.684. The number of nitrogens with two attached hydrogens (primary N) is 2. The molecule has 0 amide bonds. The summed E-state index contributed by atoms with van der Waals surface area (Å²) in [6, 6.07) is 28.2. The molecule has 0 aliphatic carbocycles. The maximum atomic E-state index is 12.7. The highest BCUT2D eigenvalue weighted by Crippen LogP contribution is 2.31. The summed E-state index contributed by atoms with van der Waals surface area (Å²) in [6.07, 6.45) is 4.47. The number of hydrogen-bond donors (Lipinski definition) is 10. The Morgan fingerprint density at radius 2 is 1.02 bits per heavy atom. The SMILES string of the molecule is NCCCNc1nc(Nc2ccccc2)nc(Nc2ccc(/C=C/c3ccc(Nc4nc(NCCCN)nc(Nc5ccccc5)n4)cc3S(=O)(=O)O)c(SOOO)c2)n1. The van der Waals surface area contributed by atoms with Crippen LogP contribution in [0.3, 0.4) is 0 Å². The summed E-state index contributed by atoms with van der Waals surface area (Å²) in [5.41, 5.74) is 14.3. The molecular weight excluding hydrogens is 813 g/mol. The summed E-state index contributed by atoms with van der Waals surface area (Å²) in [4.78, 5) is 26.8. The average molecular weight is 855 g/mol. The first-order valence-electron chi connectivity index (χ1n) is 18.4. The highest BCUT2D eigenvalue weighted by Gasteiger charge is 2.17. The van der Waals surface area contributed by atoms with Crippen LogP contribution in [-0.2, 0) is 19.5 Å². The van der Waals surface area contributed by atoms with Gasteiger partial charge in [-0.25, -0.2) is 5.26 Å². The topological polar surface area (TPSA) is 295 Å². The van der Waals surface area contributed by atoms with Gasteiger partial charge in [-0.1, -0.05) is 65.7 Å². The summed E-state index contributed by atoms with van der Waals surface area (Å²) in [6.45, 7) is 2.02. The van der Waals surface area contributed by atoms with Crippen molar-refractivity contribution in [3.63, 3.8) is 0 Å². The van der Waals surface area contributed by atoms with Crippen molar-refractivity contribution >= 4 is 92.8 Å². The lowest BCUT2D eigenvalue weighted by molar-refractivity contribution is -0.432. The van der Waals surface area contributed by atoms with E-state index in [0.29, 0.717) is 73.2 Å². The molecule has 4 aromatic carbocycles. The Hall–Kier alpha value is -6.50. The number of rotatable bonds is 22. The summed E-state index contributed by atoms with van der Waals surface area (Å²) in [5, 5.41) is 31.5. The van der Waals surface area contributed by atoms with Gasteiger partial charge in [0.05, 0.1) is 12.0 Å². The lowest BCUT2D eigenvalue weighted by Crippen LogP contribution is -2.13. The van der Waals surface area contributed by atoms with Crippen LogP contribution in [0.5, 0.6) is 0 Å². The van der Waals surface area contributed by atoms with Crippen LogP contribution >= 0.6 is 12.0 Å². The number of nitrogens with one attached hydrogen (secondary N) is 6. The van der Waals surface area contributed by atoms with Gasteiger partial charge in [0.15, 0.2) is 0 Å². The lowest BCUT2D eigenvalue weighted by Gasteiger charge is -2.13. The van der Waals surface area contributed by atoms with E-state index in [1.54, 1.807) is 30.3 Å². The molecule has 0 spiro atoms. The minimum atomic E-state index is -4.73. The summed E-state index contributed by atoms with van der Waals surface area (Å²) < 4.78 is 40.4. The zero-order chi connectivity index (χ0) is 42.2. The van der Waals surface area contributed by atoms with Gasteiger partial charge in [0.1, 0.15) is 4.90 Å². The average Bonchev–Trinajstić information content (AvgIpc) is 3.23. The Labute approximate surface area is 349 Å². The van der Waals surface area contributed by atoms with E-state index in [9.17, 15) is 13.0 Å². The van der Waals surface area contributed by atoms with E-state index < -0.39 is 15.0 Å². The number of hydrogen-bond acceptors (Lipinski definition) is 20. The van der Waals surface area contributed by atoms with E-state index in [1.807, 2.05) is 60.7 Å². The van der Waals surface area contributed by atoms with Crippen LogP contribution in [0.2, 0.25) is 0 Å². The fourth-order valence-electron chi connectivity index (χ4n) is 5.32. The molecule has 0 radical (unpaired) electrons. The van der Waals surface area contributed by atoms with Crippen molar-refractivity contribution in [2.75, 3.05) is 58.1 Å². The van der Waals surface area contributed by atoms with Gasteiger partial charge in [0.2, 0.25) is 35.7 Å². The maximum absolute atomic E-state index is 12.7. The minimum absolute atomic E-state index is 0.102. The second kappa shape index (κ2) is 21.5. The molecule has 2 aromatic heterocycles. The van der Waals surface area contributed by atoms with E-state index in [-0.39, 0.29) is 41.0 Å². The van der Waals surface area contributed by atoms with E-state index >= 15 is 0 Å². The standard InChI is InChI=1S/C38H42N14O6S2/c39-19-7-21-41-33-47-35(43-27-9-3-1-4-10-27)51-37(49-33)45-29-17-15-25(31(23-29)59-58-57-53)13-14-26-16-18-30(24-32(26)60(54,55)56)46-38-50-34(42-22-8-20-40)48-36(52-38)44-28-11-5-2-6-12-28/h1-6,9-18,23-24,53H,7-8,19-22,39-40H2,(H,54,55,56)(H3,41,43,45,47,49,51)(H3,42,44,46,48,50,52)/b14-13+. The maximum Gasteiger partial charge on any atom is 0.295 e. The minimum Gasteiger partial charge on any atom is -0.354 e. The molecule has 0 aliphatic heterocycles. The molecule has 0 fully saturated rings. The zero-order valence-corrected chi connectivity index (χ0v) is 33.4. The van der Waals surface area contributed by atoms with E-state index in [1.165, 1.54) is 18.2 Å². The molecule has 6 aromatic rings. The van der Waals surface area contributed by atoms with E-state index in [0.717, 1.165) is 11.4 Å². The van der Waals surface area contributed by atoms with Crippen molar-refractivity contribution in [2.45, 2.75) is 22.6 Å². The Morgan fingerprint density at radius 1 is 0.583 bits per heavy atom.